The summed E-state index contributed by atoms with van der Waals surface area (Å²) in [4.78, 5) is 0. The van der Waals surface area contributed by atoms with E-state index in [0.717, 1.165) is 0 Å². The Bertz CT molecular complexity index is 1320. The average Bonchev–Trinajstić information content (AvgIpc) is 3.21. The second-order valence-electron chi connectivity index (χ2n) is 6.54. The summed E-state index contributed by atoms with van der Waals surface area (Å²) in [7, 11) is 0. The largest absolute Gasteiger partial charge is 0.453 e. The highest BCUT2D eigenvalue weighted by Gasteiger charge is 2.18. The first-order valence-electron chi connectivity index (χ1n) is 8.96. The topological polar surface area (TPSA) is 98.0 Å². The number of nitriles is 1. The van der Waals surface area contributed by atoms with Crippen LogP contribution in [-0.4, -0.2) is 10.2 Å². The molecule has 0 radical (unpaired) electrons. The van der Waals surface area contributed by atoms with Crippen LogP contribution in [0.4, 0.5) is 10.1 Å². The summed E-state index contributed by atoms with van der Waals surface area (Å²) in [5.41, 5.74) is 7.51. The number of nitrogens with two attached hydrogens (primary N) is 1. The van der Waals surface area contributed by atoms with Gasteiger partial charge in [-0.3, -0.25) is 0 Å². The van der Waals surface area contributed by atoms with Crippen molar-refractivity contribution >= 4 is 28.9 Å². The van der Waals surface area contributed by atoms with Crippen LogP contribution in [0.1, 0.15) is 17.0 Å². The Balaban J connectivity index is 1.61. The minimum Gasteiger partial charge on any atom is -0.453 e. The van der Waals surface area contributed by atoms with Crippen molar-refractivity contribution < 1.29 is 13.5 Å². The molecule has 1 aromatic heterocycles. The molecule has 2 N–H and O–H groups in total. The predicted molar refractivity (Wildman–Crippen MR) is 115 cm³/mol. The van der Waals surface area contributed by atoms with E-state index >= 15 is 4.39 Å². The van der Waals surface area contributed by atoms with Gasteiger partial charge in [0.25, 0.3) is 0 Å². The Kier molecular flexibility index (Phi) is 5.76. The summed E-state index contributed by atoms with van der Waals surface area (Å²) in [5.74, 6) is -0.213. The van der Waals surface area contributed by atoms with Gasteiger partial charge in [0.2, 0.25) is 11.8 Å². The number of hydrogen-bond acceptors (Lipinski definition) is 6. The van der Waals surface area contributed by atoms with Crippen LogP contribution in [0.3, 0.4) is 0 Å². The van der Waals surface area contributed by atoms with Gasteiger partial charge in [0, 0.05) is 21.8 Å². The highest BCUT2D eigenvalue weighted by Crippen LogP contribution is 2.36. The van der Waals surface area contributed by atoms with Gasteiger partial charge in [0.1, 0.15) is 5.75 Å². The van der Waals surface area contributed by atoms with Gasteiger partial charge in [-0.05, 0) is 42.5 Å². The fourth-order valence-corrected chi connectivity index (χ4v) is 3.29. The molecule has 0 spiro atoms. The van der Waals surface area contributed by atoms with E-state index < -0.39 is 5.82 Å². The van der Waals surface area contributed by atoms with Gasteiger partial charge in [0.15, 0.2) is 11.6 Å². The van der Waals surface area contributed by atoms with E-state index in [9.17, 15) is 0 Å². The standard InChI is InChI=1S/C22H13Cl2FN4O2/c23-15-6-12(11-26)7-17(10-15)30-21-18(24)5-4-13(20(21)25)9-19-28-29-22(31-19)14-2-1-3-16(27)8-14/h1-8,10H,9,27H2. The predicted octanol–water partition coefficient (Wildman–Crippen LogP) is 6.02. The van der Waals surface area contributed by atoms with Gasteiger partial charge >= 0.3 is 0 Å². The molecule has 0 bridgehead atoms. The first kappa shape index (κ1) is 20.7. The Morgan fingerprint density at radius 1 is 1.10 bits per heavy atom. The van der Waals surface area contributed by atoms with Crippen molar-refractivity contribution in [2.75, 3.05) is 5.73 Å². The number of aromatic nitrogens is 2. The molecule has 0 fully saturated rings. The number of halogens is 3. The summed E-state index contributed by atoms with van der Waals surface area (Å²) in [6, 6.07) is 16.3. The highest BCUT2D eigenvalue weighted by molar-refractivity contribution is 6.32. The smallest absolute Gasteiger partial charge is 0.247 e. The molecule has 0 aliphatic rings. The maximum Gasteiger partial charge on any atom is 0.247 e. The summed E-state index contributed by atoms with van der Waals surface area (Å²) in [5, 5.41) is 17.4. The molecule has 9 heteroatoms. The Morgan fingerprint density at radius 3 is 2.71 bits per heavy atom. The number of hydrogen-bond donors (Lipinski definition) is 1. The summed E-state index contributed by atoms with van der Waals surface area (Å²) in [6.07, 6.45) is 0.0215. The van der Waals surface area contributed by atoms with Crippen molar-refractivity contribution in [3.8, 4) is 29.0 Å². The first-order chi connectivity index (χ1) is 14.9. The second kappa shape index (κ2) is 8.64. The number of ether oxygens (including phenoxy) is 1. The van der Waals surface area contributed by atoms with Crippen LogP contribution >= 0.6 is 23.2 Å². The molecular weight excluding hydrogens is 442 g/mol. The van der Waals surface area contributed by atoms with E-state index in [1.807, 2.05) is 6.07 Å². The lowest BCUT2D eigenvalue weighted by Gasteiger charge is -2.11. The molecule has 31 heavy (non-hydrogen) atoms. The zero-order valence-corrected chi connectivity index (χ0v) is 17.3. The van der Waals surface area contributed by atoms with Crippen LogP contribution in [-0.2, 0) is 6.42 Å². The van der Waals surface area contributed by atoms with Crippen LogP contribution < -0.4 is 10.5 Å². The van der Waals surface area contributed by atoms with Crippen molar-refractivity contribution in [3.63, 3.8) is 0 Å². The SMILES string of the molecule is N#Cc1cc(Cl)cc(Oc2c(Cl)ccc(Cc3nnc(-c4cccc(N)c4)o3)c2F)c1. The van der Waals surface area contributed by atoms with Crippen molar-refractivity contribution in [2.24, 2.45) is 0 Å². The molecule has 0 saturated heterocycles. The van der Waals surface area contributed by atoms with E-state index in [2.05, 4.69) is 10.2 Å². The molecule has 1 heterocycles. The third-order valence-electron chi connectivity index (χ3n) is 4.29. The van der Waals surface area contributed by atoms with Gasteiger partial charge in [-0.25, -0.2) is 4.39 Å². The highest BCUT2D eigenvalue weighted by atomic mass is 35.5. The van der Waals surface area contributed by atoms with Crippen LogP contribution in [0.25, 0.3) is 11.5 Å². The normalized spacial score (nSPS) is 10.6. The second-order valence-corrected chi connectivity index (χ2v) is 7.39. The Hall–Kier alpha value is -3.60. The molecule has 4 rings (SSSR count). The van der Waals surface area contributed by atoms with Gasteiger partial charge in [-0.1, -0.05) is 35.3 Å². The van der Waals surface area contributed by atoms with E-state index in [-0.39, 0.29) is 50.9 Å². The summed E-state index contributed by atoms with van der Waals surface area (Å²) < 4.78 is 26.4. The molecule has 0 amide bonds. The third-order valence-corrected chi connectivity index (χ3v) is 4.81. The zero-order chi connectivity index (χ0) is 22.0. The molecule has 0 saturated carbocycles. The molecule has 4 aromatic rings. The van der Waals surface area contributed by atoms with E-state index in [0.29, 0.717) is 11.3 Å². The fourth-order valence-electron chi connectivity index (χ4n) is 2.88. The van der Waals surface area contributed by atoms with Gasteiger partial charge < -0.3 is 14.9 Å². The lowest BCUT2D eigenvalue weighted by molar-refractivity contribution is 0.437. The minimum atomic E-state index is -0.685. The molecule has 0 aliphatic carbocycles. The van der Waals surface area contributed by atoms with Crippen molar-refractivity contribution in [2.45, 2.75) is 6.42 Å². The van der Waals surface area contributed by atoms with Gasteiger partial charge in [0.05, 0.1) is 23.1 Å². The van der Waals surface area contributed by atoms with E-state index in [1.165, 1.54) is 30.3 Å². The molecule has 0 atom stereocenters. The number of anilines is 1. The average molecular weight is 455 g/mol. The summed E-state index contributed by atoms with van der Waals surface area (Å²) in [6.45, 7) is 0. The van der Waals surface area contributed by atoms with Crippen LogP contribution in [0.2, 0.25) is 10.0 Å². The monoisotopic (exact) mass is 454 g/mol. The van der Waals surface area contributed by atoms with Crippen LogP contribution in [0, 0.1) is 17.1 Å². The van der Waals surface area contributed by atoms with E-state index in [1.54, 1.807) is 24.3 Å². The van der Waals surface area contributed by atoms with Crippen molar-refractivity contribution in [1.82, 2.24) is 10.2 Å². The summed E-state index contributed by atoms with van der Waals surface area (Å²) >= 11 is 12.1. The third kappa shape index (κ3) is 4.61. The van der Waals surface area contributed by atoms with Crippen LogP contribution in [0.5, 0.6) is 11.5 Å². The quantitative estimate of drug-likeness (QED) is 0.370. The molecule has 0 aliphatic heterocycles. The van der Waals surface area contributed by atoms with Gasteiger partial charge in [-0.15, -0.1) is 10.2 Å². The molecule has 3 aromatic carbocycles. The molecular formula is C22H13Cl2FN4O2. The minimum absolute atomic E-state index is 0.0215. The van der Waals surface area contributed by atoms with Crippen LogP contribution in [0.15, 0.2) is 59.0 Å². The maximum absolute atomic E-state index is 15.2. The Labute approximate surface area is 186 Å². The fraction of sp³-hybridized carbons (Fsp3) is 0.0455. The zero-order valence-electron chi connectivity index (χ0n) is 15.8. The first-order valence-corrected chi connectivity index (χ1v) is 9.72. The van der Waals surface area contributed by atoms with Crippen molar-refractivity contribution in [3.05, 3.63) is 87.5 Å². The molecule has 154 valence electrons. The lowest BCUT2D eigenvalue weighted by atomic mass is 10.1. The number of nitrogen functional groups attached to an aromatic ring is 1. The number of nitrogens with zero attached hydrogens (tertiary/aromatic N) is 3. The molecule has 0 unspecified atom stereocenters. The Morgan fingerprint density at radius 2 is 1.94 bits per heavy atom. The molecule has 6 nitrogen and oxygen atoms in total. The van der Waals surface area contributed by atoms with Crippen molar-refractivity contribution in [1.29, 1.82) is 5.26 Å². The van der Waals surface area contributed by atoms with E-state index in [4.69, 9.17) is 43.4 Å². The lowest BCUT2D eigenvalue weighted by Crippen LogP contribution is -1.98. The van der Waals surface area contributed by atoms with Gasteiger partial charge in [-0.2, -0.15) is 5.26 Å². The number of benzene rings is 3. The number of rotatable bonds is 5. The maximum atomic E-state index is 15.2.